The molecule has 0 aliphatic heterocycles. The second-order valence-corrected chi connectivity index (χ2v) is 9.66. The molecule has 1 aromatic heterocycles. The van der Waals surface area contributed by atoms with Gasteiger partial charge in [0.2, 0.25) is 0 Å². The van der Waals surface area contributed by atoms with Crippen molar-refractivity contribution >= 4 is 28.9 Å². The topological polar surface area (TPSA) is 73.2 Å². The molecule has 1 N–H and O–H groups in total. The van der Waals surface area contributed by atoms with Gasteiger partial charge in [-0.05, 0) is 88.1 Å². The van der Waals surface area contributed by atoms with Gasteiger partial charge in [0.15, 0.2) is 0 Å². The second kappa shape index (κ2) is 12.1. The lowest BCUT2D eigenvalue weighted by molar-refractivity contribution is -0.151. The molecule has 1 saturated carbocycles. The van der Waals surface area contributed by atoms with E-state index >= 15 is 0 Å². The third kappa shape index (κ3) is 6.44. The zero-order valence-electron chi connectivity index (χ0n) is 21.3. The van der Waals surface area contributed by atoms with E-state index in [0.717, 1.165) is 72.9 Å². The van der Waals surface area contributed by atoms with Crippen molar-refractivity contribution in [1.82, 2.24) is 14.9 Å². The third-order valence-electron chi connectivity index (χ3n) is 6.40. The van der Waals surface area contributed by atoms with E-state index in [4.69, 9.17) is 9.72 Å². The number of hydrogen-bond donors (Lipinski definition) is 1. The molecule has 1 aromatic carbocycles. The molecule has 0 bridgehead atoms. The molecule has 1 heterocycles. The fourth-order valence-corrected chi connectivity index (χ4v) is 4.61. The van der Waals surface area contributed by atoms with Crippen molar-refractivity contribution in [2.75, 3.05) is 0 Å². The fourth-order valence-electron chi connectivity index (χ4n) is 4.61. The van der Waals surface area contributed by atoms with Crippen molar-refractivity contribution in [3.8, 4) is 0 Å². The molecule has 1 aliphatic carbocycles. The lowest BCUT2D eigenvalue weighted by Crippen LogP contribution is -2.40. The number of allylic oxidation sites excluding steroid dienone is 4. The van der Waals surface area contributed by atoms with Gasteiger partial charge in [-0.2, -0.15) is 0 Å². The van der Waals surface area contributed by atoms with Crippen molar-refractivity contribution in [3.63, 3.8) is 0 Å². The smallest absolute Gasteiger partial charge is 0.323 e. The van der Waals surface area contributed by atoms with Gasteiger partial charge in [0.25, 0.3) is 0 Å². The molecular formula is C28H39N3O3. The summed E-state index contributed by atoms with van der Waals surface area (Å²) in [6.07, 6.45) is 9.79. The third-order valence-corrected chi connectivity index (χ3v) is 6.40. The Labute approximate surface area is 203 Å². The molecule has 0 spiro atoms. The number of fused-ring (bicyclic) bond motifs is 1. The number of esters is 1. The molecular weight excluding hydrogens is 426 g/mol. The van der Waals surface area contributed by atoms with E-state index in [1.165, 1.54) is 0 Å². The van der Waals surface area contributed by atoms with Gasteiger partial charge in [0, 0.05) is 18.7 Å². The Hall–Kier alpha value is -2.73. The van der Waals surface area contributed by atoms with Crippen molar-refractivity contribution in [1.29, 1.82) is 0 Å². The molecule has 3 rings (SSSR count). The molecule has 6 heteroatoms. The van der Waals surface area contributed by atoms with Gasteiger partial charge >= 0.3 is 5.97 Å². The first-order chi connectivity index (χ1) is 16.4. The van der Waals surface area contributed by atoms with E-state index in [2.05, 4.69) is 48.9 Å². The lowest BCUT2D eigenvalue weighted by Gasteiger charge is -2.21. The SMILES string of the molecule is C/C=C(\C=C(\C)C=O)c1nc2cc(CNC(CC(C)C)C(=O)OC3CCCC3)ccc2n1CC. The molecule has 1 atom stereocenters. The Bertz CT molecular complexity index is 1060. The van der Waals surface area contributed by atoms with Gasteiger partial charge < -0.3 is 14.6 Å². The van der Waals surface area contributed by atoms with Crippen LogP contribution < -0.4 is 5.32 Å². The van der Waals surface area contributed by atoms with Crippen LogP contribution in [0.5, 0.6) is 0 Å². The van der Waals surface area contributed by atoms with Gasteiger partial charge in [-0.25, -0.2) is 4.98 Å². The molecule has 1 unspecified atom stereocenters. The molecule has 0 saturated heterocycles. The normalized spacial score (nSPS) is 16.4. The molecule has 34 heavy (non-hydrogen) atoms. The van der Waals surface area contributed by atoms with E-state index in [1.54, 1.807) is 6.92 Å². The van der Waals surface area contributed by atoms with Crippen molar-refractivity contribution < 1.29 is 14.3 Å². The van der Waals surface area contributed by atoms with E-state index in [9.17, 15) is 9.59 Å². The van der Waals surface area contributed by atoms with Crippen LogP contribution in [0.25, 0.3) is 16.6 Å². The Morgan fingerprint density at radius 2 is 2.03 bits per heavy atom. The van der Waals surface area contributed by atoms with Crippen LogP contribution in [0.1, 0.15) is 78.1 Å². The Kier molecular flexibility index (Phi) is 9.22. The minimum atomic E-state index is -0.314. The molecule has 1 aliphatic rings. The van der Waals surface area contributed by atoms with Gasteiger partial charge in [-0.3, -0.25) is 9.59 Å². The molecule has 184 valence electrons. The summed E-state index contributed by atoms with van der Waals surface area (Å²) in [7, 11) is 0. The monoisotopic (exact) mass is 465 g/mol. The average Bonchev–Trinajstić information content (AvgIpc) is 3.46. The van der Waals surface area contributed by atoms with Gasteiger partial charge in [0.05, 0.1) is 11.0 Å². The number of rotatable bonds is 11. The number of imidazole rings is 1. The molecule has 6 nitrogen and oxygen atoms in total. The first kappa shape index (κ1) is 25.9. The Morgan fingerprint density at radius 3 is 2.65 bits per heavy atom. The molecule has 0 radical (unpaired) electrons. The summed E-state index contributed by atoms with van der Waals surface area (Å²) >= 11 is 0. The highest BCUT2D eigenvalue weighted by Gasteiger charge is 2.26. The van der Waals surface area contributed by atoms with Crippen LogP contribution in [-0.2, 0) is 27.4 Å². The number of carbonyl (C=O) groups is 2. The summed E-state index contributed by atoms with van der Waals surface area (Å²) in [5.74, 6) is 1.11. The van der Waals surface area contributed by atoms with E-state index in [1.807, 2.05) is 19.1 Å². The second-order valence-electron chi connectivity index (χ2n) is 9.66. The number of aryl methyl sites for hydroxylation is 1. The number of ether oxygens (including phenoxy) is 1. The molecule has 1 fully saturated rings. The maximum Gasteiger partial charge on any atom is 0.323 e. The number of hydrogen-bond acceptors (Lipinski definition) is 5. The standard InChI is InChI=1S/C28H39N3O3/c1-6-22(15-20(5)18-32)27-30-24-16-21(12-13-26(24)31(27)7-2)17-29-25(14-19(3)4)28(33)34-23-10-8-9-11-23/h6,12-13,15-16,18-19,23,25,29H,7-11,14,17H2,1-5H3/b20-15-,22-6+. The number of aldehydes is 1. The van der Waals surface area contributed by atoms with Crippen LogP contribution in [0.4, 0.5) is 0 Å². The summed E-state index contributed by atoms with van der Waals surface area (Å²) in [6, 6.07) is 5.94. The fraction of sp³-hybridized carbons (Fsp3) is 0.536. The summed E-state index contributed by atoms with van der Waals surface area (Å²) in [6.45, 7) is 11.4. The summed E-state index contributed by atoms with van der Waals surface area (Å²) in [5, 5.41) is 3.44. The van der Waals surface area contributed by atoms with E-state index in [0.29, 0.717) is 18.0 Å². The Balaban J connectivity index is 1.79. The highest BCUT2D eigenvalue weighted by atomic mass is 16.5. The Morgan fingerprint density at radius 1 is 1.29 bits per heavy atom. The minimum absolute atomic E-state index is 0.0782. The summed E-state index contributed by atoms with van der Waals surface area (Å²) < 4.78 is 7.96. The average molecular weight is 466 g/mol. The summed E-state index contributed by atoms with van der Waals surface area (Å²) in [5.41, 5.74) is 4.62. The quantitative estimate of drug-likeness (QED) is 0.203. The first-order valence-electron chi connectivity index (χ1n) is 12.6. The predicted molar refractivity (Wildman–Crippen MR) is 137 cm³/mol. The largest absolute Gasteiger partial charge is 0.461 e. The number of aromatic nitrogens is 2. The van der Waals surface area contributed by atoms with Crippen LogP contribution in [-0.4, -0.2) is 34.0 Å². The minimum Gasteiger partial charge on any atom is -0.461 e. The number of benzene rings is 1. The lowest BCUT2D eigenvalue weighted by atomic mass is 10.0. The molecule has 2 aromatic rings. The van der Waals surface area contributed by atoms with Crippen molar-refractivity contribution in [3.05, 3.63) is 47.3 Å². The van der Waals surface area contributed by atoms with Gasteiger partial charge in [-0.15, -0.1) is 0 Å². The highest BCUT2D eigenvalue weighted by molar-refractivity contribution is 5.85. The molecule has 0 amide bonds. The number of nitrogens with zero attached hydrogens (tertiary/aromatic N) is 2. The van der Waals surface area contributed by atoms with E-state index in [-0.39, 0.29) is 18.1 Å². The van der Waals surface area contributed by atoms with Crippen molar-refractivity contribution in [2.45, 2.75) is 92.0 Å². The van der Waals surface area contributed by atoms with Crippen LogP contribution in [0, 0.1) is 5.92 Å². The van der Waals surface area contributed by atoms with Crippen molar-refractivity contribution in [2.24, 2.45) is 5.92 Å². The highest BCUT2D eigenvalue weighted by Crippen LogP contribution is 2.25. The van der Waals surface area contributed by atoms with Gasteiger partial charge in [0.1, 0.15) is 24.3 Å². The maximum atomic E-state index is 12.8. The van der Waals surface area contributed by atoms with Crippen LogP contribution in [0.2, 0.25) is 0 Å². The zero-order chi connectivity index (χ0) is 24.7. The van der Waals surface area contributed by atoms with Crippen LogP contribution in [0.3, 0.4) is 0 Å². The van der Waals surface area contributed by atoms with Crippen LogP contribution >= 0.6 is 0 Å². The predicted octanol–water partition coefficient (Wildman–Crippen LogP) is 5.59. The van der Waals surface area contributed by atoms with Crippen LogP contribution in [0.15, 0.2) is 35.9 Å². The number of nitrogens with one attached hydrogen (secondary N) is 1. The first-order valence-corrected chi connectivity index (χ1v) is 12.6. The maximum absolute atomic E-state index is 12.8. The van der Waals surface area contributed by atoms with Gasteiger partial charge in [-0.1, -0.05) is 26.0 Å². The zero-order valence-corrected chi connectivity index (χ0v) is 21.3. The van der Waals surface area contributed by atoms with E-state index < -0.39 is 0 Å². The number of carbonyl (C=O) groups excluding carboxylic acids is 2. The summed E-state index contributed by atoms with van der Waals surface area (Å²) in [4.78, 5) is 28.9.